The van der Waals surface area contributed by atoms with Crippen molar-refractivity contribution < 1.29 is 26.6 Å². The molecule has 0 bridgehead atoms. The van der Waals surface area contributed by atoms with Gasteiger partial charge in [-0.2, -0.15) is 0 Å². The molecular weight excluding hydrogens is 313 g/mol. The second-order valence-corrected chi connectivity index (χ2v) is 6.60. The molecular formula is C13H21INO-. The molecule has 1 aromatic carbocycles. The van der Waals surface area contributed by atoms with E-state index in [-0.39, 0.29) is 27.6 Å². The molecule has 0 spiro atoms. The van der Waals surface area contributed by atoms with Gasteiger partial charge in [0.05, 0.1) is 0 Å². The third-order valence-electron chi connectivity index (χ3n) is 2.59. The van der Waals surface area contributed by atoms with Gasteiger partial charge in [-0.15, -0.1) is 0 Å². The summed E-state index contributed by atoms with van der Waals surface area (Å²) in [7, 11) is 0. The molecule has 0 aliphatic carbocycles. The third kappa shape index (κ3) is 4.80. The van der Waals surface area contributed by atoms with Gasteiger partial charge in [-0.1, -0.05) is 0 Å². The molecule has 16 heavy (non-hydrogen) atoms. The molecule has 1 rings (SSSR count). The van der Waals surface area contributed by atoms with Gasteiger partial charge in [-0.3, -0.25) is 0 Å². The van der Waals surface area contributed by atoms with Crippen molar-refractivity contribution in [2.24, 2.45) is 5.92 Å². The quantitative estimate of drug-likeness (QED) is 0.416. The van der Waals surface area contributed by atoms with E-state index in [0.29, 0.717) is 5.92 Å². The average molecular weight is 334 g/mol. The summed E-state index contributed by atoms with van der Waals surface area (Å²) in [6.07, 6.45) is -0.205. The van der Waals surface area contributed by atoms with Gasteiger partial charge in [-0.05, 0) is 0 Å². The van der Waals surface area contributed by atoms with Crippen LogP contribution in [0.15, 0.2) is 30.3 Å². The molecule has 1 atom stereocenters. The van der Waals surface area contributed by atoms with Crippen molar-refractivity contribution in [3.63, 3.8) is 0 Å². The van der Waals surface area contributed by atoms with Crippen molar-refractivity contribution >= 4 is 0 Å². The van der Waals surface area contributed by atoms with E-state index in [2.05, 4.69) is 46.2 Å². The molecule has 0 amide bonds. The summed E-state index contributed by atoms with van der Waals surface area (Å²) in [5.41, 5.74) is 1.33. The Hall–Kier alpha value is -0.130. The van der Waals surface area contributed by atoms with E-state index in [0.717, 1.165) is 13.1 Å². The number of alkyl halides is 1. The van der Waals surface area contributed by atoms with Crippen molar-refractivity contribution in [1.29, 1.82) is 0 Å². The SMILES string of the molecule is C[I-]N(Cc1ccccc1)CC(O)C(C)C. The summed E-state index contributed by atoms with van der Waals surface area (Å²) >= 11 is 0.0299. The number of hydrogen-bond acceptors (Lipinski definition) is 2. The number of aliphatic hydroxyl groups is 1. The van der Waals surface area contributed by atoms with Crippen LogP contribution in [0.2, 0.25) is 0 Å². The number of halogens is 1. The van der Waals surface area contributed by atoms with E-state index < -0.39 is 0 Å². The van der Waals surface area contributed by atoms with Gasteiger partial charge in [-0.25, -0.2) is 0 Å². The zero-order valence-electron chi connectivity index (χ0n) is 10.2. The molecule has 0 aromatic heterocycles. The van der Waals surface area contributed by atoms with Gasteiger partial charge >= 0.3 is 109 Å². The fraction of sp³-hybridized carbons (Fsp3) is 0.538. The number of aliphatic hydroxyl groups excluding tert-OH is 1. The zero-order valence-corrected chi connectivity index (χ0v) is 12.4. The summed E-state index contributed by atoms with van der Waals surface area (Å²) in [5.74, 6) is 0.342. The Morgan fingerprint density at radius 3 is 2.38 bits per heavy atom. The molecule has 1 aromatic rings. The second kappa shape index (κ2) is 7.25. The minimum absolute atomic E-state index is 0.0299. The number of rotatable bonds is 6. The normalized spacial score (nSPS) is 13.6. The maximum atomic E-state index is 9.88. The maximum absolute atomic E-state index is 9.88. The molecule has 2 nitrogen and oxygen atoms in total. The van der Waals surface area contributed by atoms with E-state index in [1.807, 2.05) is 6.07 Å². The van der Waals surface area contributed by atoms with Crippen LogP contribution in [0.4, 0.5) is 0 Å². The van der Waals surface area contributed by atoms with Gasteiger partial charge in [0.2, 0.25) is 0 Å². The van der Waals surface area contributed by atoms with Gasteiger partial charge in [0.25, 0.3) is 0 Å². The summed E-state index contributed by atoms with van der Waals surface area (Å²) < 4.78 is 2.39. The number of hydrogen-bond donors (Lipinski definition) is 1. The van der Waals surface area contributed by atoms with E-state index >= 15 is 0 Å². The van der Waals surface area contributed by atoms with Crippen molar-refractivity contribution in [1.82, 2.24) is 3.11 Å². The minimum atomic E-state index is -0.205. The Balaban J connectivity index is 2.49. The molecule has 1 unspecified atom stereocenters. The van der Waals surface area contributed by atoms with Crippen LogP contribution in [0.5, 0.6) is 0 Å². The molecule has 0 aliphatic rings. The van der Waals surface area contributed by atoms with Crippen LogP contribution in [0.3, 0.4) is 0 Å². The predicted octanol–water partition coefficient (Wildman–Crippen LogP) is -0.861. The molecule has 0 fully saturated rings. The molecule has 0 aliphatic heterocycles. The molecule has 0 saturated carbocycles. The standard InChI is InChI=1S/C13H21INO/c1-11(2)13(16)10-15(14-3)9-12-7-5-4-6-8-12/h4-8,11,13,16H,9-10H2,1-3H3/q-1. The summed E-state index contributed by atoms with van der Waals surface area (Å²) in [6, 6.07) is 10.5. The topological polar surface area (TPSA) is 23.5 Å². The fourth-order valence-corrected chi connectivity index (χ4v) is 2.92. The van der Waals surface area contributed by atoms with Gasteiger partial charge < -0.3 is 0 Å². The summed E-state index contributed by atoms with van der Waals surface area (Å²) in [4.78, 5) is 2.24. The first-order chi connectivity index (χ1) is 7.63. The molecule has 0 saturated heterocycles. The first-order valence-electron chi connectivity index (χ1n) is 5.60. The first-order valence-corrected chi connectivity index (χ1v) is 8.72. The Morgan fingerprint density at radius 2 is 1.88 bits per heavy atom. The molecule has 0 radical (unpaired) electrons. The molecule has 3 heteroatoms. The Labute approximate surface area is 109 Å². The number of benzene rings is 1. The molecule has 92 valence electrons. The van der Waals surface area contributed by atoms with Crippen LogP contribution >= 0.6 is 0 Å². The number of nitrogens with zero attached hydrogens (tertiary/aromatic N) is 1. The van der Waals surface area contributed by atoms with Gasteiger partial charge in [0.1, 0.15) is 0 Å². The van der Waals surface area contributed by atoms with Crippen molar-refractivity contribution in [3.8, 4) is 0 Å². The van der Waals surface area contributed by atoms with Crippen LogP contribution in [-0.2, 0) is 6.54 Å². The van der Waals surface area contributed by atoms with Gasteiger partial charge in [0.15, 0.2) is 0 Å². The molecule has 0 heterocycles. The third-order valence-corrected chi connectivity index (χ3v) is 4.69. The van der Waals surface area contributed by atoms with Crippen molar-refractivity contribution in [3.05, 3.63) is 35.9 Å². The Morgan fingerprint density at radius 1 is 1.25 bits per heavy atom. The molecule has 1 N–H and O–H groups in total. The average Bonchev–Trinajstić information content (AvgIpc) is 2.29. The van der Waals surface area contributed by atoms with E-state index in [1.54, 1.807) is 0 Å². The zero-order chi connectivity index (χ0) is 12.0. The fourth-order valence-electron chi connectivity index (χ4n) is 1.39. The van der Waals surface area contributed by atoms with E-state index in [9.17, 15) is 5.11 Å². The predicted molar refractivity (Wildman–Crippen MR) is 63.6 cm³/mol. The van der Waals surface area contributed by atoms with E-state index in [4.69, 9.17) is 0 Å². The van der Waals surface area contributed by atoms with Crippen molar-refractivity contribution in [2.75, 3.05) is 11.5 Å². The van der Waals surface area contributed by atoms with Crippen LogP contribution < -0.4 is 21.5 Å². The summed E-state index contributed by atoms with van der Waals surface area (Å²) in [6.45, 7) is 5.91. The van der Waals surface area contributed by atoms with Crippen LogP contribution in [0.1, 0.15) is 19.4 Å². The first kappa shape index (κ1) is 13.9. The van der Waals surface area contributed by atoms with Crippen LogP contribution in [-0.4, -0.2) is 25.8 Å². The van der Waals surface area contributed by atoms with Crippen LogP contribution in [0.25, 0.3) is 0 Å². The van der Waals surface area contributed by atoms with Crippen molar-refractivity contribution in [2.45, 2.75) is 26.5 Å². The summed E-state index contributed by atoms with van der Waals surface area (Å²) in [5, 5.41) is 9.88. The monoisotopic (exact) mass is 334 g/mol. The van der Waals surface area contributed by atoms with Crippen LogP contribution in [0, 0.1) is 5.92 Å². The Kier molecular flexibility index (Phi) is 6.31. The van der Waals surface area contributed by atoms with E-state index in [1.165, 1.54) is 5.56 Å². The Bertz CT molecular complexity index is 289. The second-order valence-electron chi connectivity index (χ2n) is 4.27. The van der Waals surface area contributed by atoms with Gasteiger partial charge in [0, 0.05) is 0 Å².